The zero-order valence-corrected chi connectivity index (χ0v) is 12.3. The van der Waals surface area contributed by atoms with Gasteiger partial charge in [0.1, 0.15) is 11.5 Å². The molecule has 0 aliphatic rings. The third kappa shape index (κ3) is 4.75. The van der Waals surface area contributed by atoms with Crippen molar-refractivity contribution >= 4 is 12.4 Å². The van der Waals surface area contributed by atoms with Gasteiger partial charge < -0.3 is 15.2 Å². The molecule has 0 spiro atoms. The monoisotopic (exact) mass is 273 g/mol. The molecule has 0 bridgehead atoms. The van der Waals surface area contributed by atoms with E-state index in [0.717, 1.165) is 29.9 Å². The van der Waals surface area contributed by atoms with Crippen LogP contribution in [0.3, 0.4) is 0 Å². The van der Waals surface area contributed by atoms with Crippen molar-refractivity contribution in [2.45, 2.75) is 38.6 Å². The Morgan fingerprint density at radius 2 is 1.89 bits per heavy atom. The first-order valence-electron chi connectivity index (χ1n) is 6.20. The molecule has 4 heteroatoms. The Labute approximate surface area is 116 Å². The maximum Gasteiger partial charge on any atom is 0.127 e. The van der Waals surface area contributed by atoms with E-state index in [1.165, 1.54) is 12.8 Å². The second-order valence-corrected chi connectivity index (χ2v) is 4.21. The molecule has 3 nitrogen and oxygen atoms in total. The van der Waals surface area contributed by atoms with Crippen LogP contribution in [0.5, 0.6) is 11.5 Å². The third-order valence-electron chi connectivity index (χ3n) is 2.96. The summed E-state index contributed by atoms with van der Waals surface area (Å²) in [5, 5.41) is 0. The quantitative estimate of drug-likeness (QED) is 0.771. The fourth-order valence-corrected chi connectivity index (χ4v) is 1.89. The summed E-state index contributed by atoms with van der Waals surface area (Å²) in [6.45, 7) is 2.19. The lowest BCUT2D eigenvalue weighted by atomic mass is 10.0. The van der Waals surface area contributed by atoms with E-state index in [1.54, 1.807) is 14.2 Å². The van der Waals surface area contributed by atoms with Crippen LogP contribution in [0.4, 0.5) is 0 Å². The van der Waals surface area contributed by atoms with E-state index in [4.69, 9.17) is 15.2 Å². The highest BCUT2D eigenvalue weighted by molar-refractivity contribution is 5.85. The van der Waals surface area contributed by atoms with Crippen LogP contribution in [0.25, 0.3) is 0 Å². The van der Waals surface area contributed by atoms with E-state index in [9.17, 15) is 0 Å². The average molecular weight is 274 g/mol. The minimum absolute atomic E-state index is 0. The topological polar surface area (TPSA) is 44.5 Å². The first-order chi connectivity index (χ1) is 8.22. The number of halogens is 1. The molecule has 2 N–H and O–H groups in total. The smallest absolute Gasteiger partial charge is 0.127 e. The van der Waals surface area contributed by atoms with Gasteiger partial charge >= 0.3 is 0 Å². The molecule has 0 aliphatic carbocycles. The molecule has 0 aromatic heterocycles. The highest BCUT2D eigenvalue weighted by Gasteiger charge is 2.12. The van der Waals surface area contributed by atoms with Crippen LogP contribution in [0.15, 0.2) is 18.2 Å². The van der Waals surface area contributed by atoms with Crippen LogP contribution in [0, 0.1) is 0 Å². The molecule has 0 radical (unpaired) electrons. The number of unbranched alkanes of at least 4 members (excludes halogenated alkanes) is 2. The number of benzene rings is 1. The minimum atomic E-state index is 0. The van der Waals surface area contributed by atoms with Crippen LogP contribution < -0.4 is 15.2 Å². The molecule has 0 fully saturated rings. The molecule has 0 heterocycles. The Kier molecular flexibility index (Phi) is 8.59. The van der Waals surface area contributed by atoms with E-state index in [1.807, 2.05) is 18.2 Å². The molecule has 18 heavy (non-hydrogen) atoms. The lowest BCUT2D eigenvalue weighted by Gasteiger charge is -2.16. The van der Waals surface area contributed by atoms with Gasteiger partial charge in [-0.3, -0.25) is 0 Å². The van der Waals surface area contributed by atoms with Gasteiger partial charge in [-0.1, -0.05) is 32.3 Å². The van der Waals surface area contributed by atoms with Crippen molar-refractivity contribution in [3.8, 4) is 11.5 Å². The standard InChI is InChI=1S/C14H23NO2.ClH/c1-4-5-6-7-13(15)12-9-8-11(16-2)10-14(12)17-3;/h8-10,13H,4-7,15H2,1-3H3;1H/t13-;/m0./s1. The lowest BCUT2D eigenvalue weighted by Crippen LogP contribution is -2.11. The summed E-state index contributed by atoms with van der Waals surface area (Å²) >= 11 is 0. The second-order valence-electron chi connectivity index (χ2n) is 4.21. The van der Waals surface area contributed by atoms with Crippen molar-refractivity contribution in [1.82, 2.24) is 0 Å². The van der Waals surface area contributed by atoms with Gasteiger partial charge in [0.25, 0.3) is 0 Å². The normalized spacial score (nSPS) is 11.6. The summed E-state index contributed by atoms with van der Waals surface area (Å²) < 4.78 is 10.5. The van der Waals surface area contributed by atoms with Gasteiger partial charge in [-0.2, -0.15) is 0 Å². The SMILES string of the molecule is CCCCC[C@H](N)c1ccc(OC)cc1OC.Cl. The molecule has 0 amide bonds. The molecule has 104 valence electrons. The van der Waals surface area contributed by atoms with Crippen LogP contribution in [0.2, 0.25) is 0 Å². The summed E-state index contributed by atoms with van der Waals surface area (Å²) in [5.74, 6) is 1.61. The van der Waals surface area contributed by atoms with Crippen LogP contribution in [0.1, 0.15) is 44.2 Å². The van der Waals surface area contributed by atoms with Crippen molar-refractivity contribution in [2.75, 3.05) is 14.2 Å². The predicted molar refractivity (Wildman–Crippen MR) is 77.9 cm³/mol. The first-order valence-corrected chi connectivity index (χ1v) is 6.20. The average Bonchev–Trinajstić information content (AvgIpc) is 2.38. The van der Waals surface area contributed by atoms with Gasteiger partial charge in [-0.25, -0.2) is 0 Å². The van der Waals surface area contributed by atoms with E-state index < -0.39 is 0 Å². The molecule has 1 atom stereocenters. The molecular weight excluding hydrogens is 250 g/mol. The van der Waals surface area contributed by atoms with Crippen molar-refractivity contribution < 1.29 is 9.47 Å². The summed E-state index contributed by atoms with van der Waals surface area (Å²) in [6, 6.07) is 5.85. The molecule has 1 aromatic carbocycles. The molecule has 1 aromatic rings. The van der Waals surface area contributed by atoms with E-state index in [-0.39, 0.29) is 18.4 Å². The number of hydrogen-bond donors (Lipinski definition) is 1. The van der Waals surface area contributed by atoms with Crippen LogP contribution >= 0.6 is 12.4 Å². The summed E-state index contributed by atoms with van der Waals surface area (Å²) in [7, 11) is 3.31. The molecule has 0 saturated heterocycles. The van der Waals surface area contributed by atoms with Crippen LogP contribution in [-0.2, 0) is 0 Å². The van der Waals surface area contributed by atoms with Crippen molar-refractivity contribution in [3.05, 3.63) is 23.8 Å². The fraction of sp³-hybridized carbons (Fsp3) is 0.571. The lowest BCUT2D eigenvalue weighted by molar-refractivity contribution is 0.387. The number of rotatable bonds is 7. The molecule has 1 rings (SSSR count). The van der Waals surface area contributed by atoms with E-state index >= 15 is 0 Å². The Balaban J connectivity index is 0.00000289. The van der Waals surface area contributed by atoms with Gasteiger partial charge in [0.2, 0.25) is 0 Å². The Bertz CT molecular complexity index is 345. The number of nitrogens with two attached hydrogens (primary N) is 1. The zero-order chi connectivity index (χ0) is 12.7. The Morgan fingerprint density at radius 1 is 1.17 bits per heavy atom. The van der Waals surface area contributed by atoms with Crippen molar-refractivity contribution in [1.29, 1.82) is 0 Å². The van der Waals surface area contributed by atoms with Crippen LogP contribution in [-0.4, -0.2) is 14.2 Å². The maximum atomic E-state index is 6.18. The third-order valence-corrected chi connectivity index (χ3v) is 2.96. The summed E-state index contributed by atoms with van der Waals surface area (Å²) in [6.07, 6.45) is 4.60. The number of ether oxygens (including phenoxy) is 2. The molecule has 0 aliphatic heterocycles. The minimum Gasteiger partial charge on any atom is -0.497 e. The van der Waals surface area contributed by atoms with Crippen molar-refractivity contribution in [3.63, 3.8) is 0 Å². The number of methoxy groups -OCH3 is 2. The van der Waals surface area contributed by atoms with Gasteiger partial charge in [-0.05, 0) is 12.5 Å². The summed E-state index contributed by atoms with van der Waals surface area (Å²) in [4.78, 5) is 0. The first kappa shape index (κ1) is 17.1. The van der Waals surface area contributed by atoms with E-state index in [2.05, 4.69) is 6.92 Å². The molecule has 0 saturated carbocycles. The highest BCUT2D eigenvalue weighted by Crippen LogP contribution is 2.30. The second kappa shape index (κ2) is 9.06. The Morgan fingerprint density at radius 3 is 2.44 bits per heavy atom. The zero-order valence-electron chi connectivity index (χ0n) is 11.4. The molecule has 0 unspecified atom stereocenters. The largest absolute Gasteiger partial charge is 0.497 e. The van der Waals surface area contributed by atoms with Gasteiger partial charge in [0.15, 0.2) is 0 Å². The predicted octanol–water partition coefficient (Wildman–Crippen LogP) is 3.71. The van der Waals surface area contributed by atoms with Gasteiger partial charge in [0.05, 0.1) is 14.2 Å². The maximum absolute atomic E-state index is 6.18. The summed E-state index contributed by atoms with van der Waals surface area (Å²) in [5.41, 5.74) is 7.24. The van der Waals surface area contributed by atoms with Crippen molar-refractivity contribution in [2.24, 2.45) is 5.73 Å². The van der Waals surface area contributed by atoms with Gasteiger partial charge in [-0.15, -0.1) is 12.4 Å². The Hall–Kier alpha value is -0.930. The molecular formula is C14H24ClNO2. The highest BCUT2D eigenvalue weighted by atomic mass is 35.5. The van der Waals surface area contributed by atoms with Gasteiger partial charge in [0, 0.05) is 17.7 Å². The van der Waals surface area contributed by atoms with E-state index in [0.29, 0.717) is 0 Å². The number of hydrogen-bond acceptors (Lipinski definition) is 3. The fourth-order valence-electron chi connectivity index (χ4n) is 1.89.